The van der Waals surface area contributed by atoms with Crippen molar-refractivity contribution in [2.45, 2.75) is 20.8 Å². The van der Waals surface area contributed by atoms with Gasteiger partial charge in [-0.1, -0.05) is 139 Å². The Hall–Kier alpha value is -8.54. The number of para-hydroxylation sites is 6. The van der Waals surface area contributed by atoms with E-state index >= 15 is 0 Å². The first-order valence-corrected chi connectivity index (χ1v) is 23.7. The fraction of sp³-hybridized carbons (Fsp3) is 0.0476. The van der Waals surface area contributed by atoms with Gasteiger partial charge in [0, 0.05) is 67.0 Å². The molecule has 2 aliphatic heterocycles. The molecule has 14 rings (SSSR count). The average Bonchev–Trinajstić information content (AvgIpc) is 3.89. The van der Waals surface area contributed by atoms with Crippen molar-refractivity contribution in [3.05, 3.63) is 235 Å². The summed E-state index contributed by atoms with van der Waals surface area (Å²) in [5.41, 5.74) is 24.2. The minimum Gasteiger partial charge on any atom is -0.311 e. The Morgan fingerprint density at radius 2 is 0.691 bits per heavy atom. The van der Waals surface area contributed by atoms with Crippen molar-refractivity contribution in [1.82, 2.24) is 9.13 Å². The van der Waals surface area contributed by atoms with Crippen molar-refractivity contribution in [2.75, 3.05) is 9.80 Å². The third kappa shape index (κ3) is 5.56. The molecule has 0 bridgehead atoms. The van der Waals surface area contributed by atoms with Gasteiger partial charge in [-0.25, -0.2) is 0 Å². The Morgan fingerprint density at radius 3 is 1.09 bits per heavy atom. The van der Waals surface area contributed by atoms with Gasteiger partial charge in [0.25, 0.3) is 6.71 Å². The molecule has 68 heavy (non-hydrogen) atoms. The molecular formula is C63H45BN4. The molecule has 0 N–H and O–H groups in total. The second kappa shape index (κ2) is 14.7. The van der Waals surface area contributed by atoms with E-state index < -0.39 is 0 Å². The Kier molecular flexibility index (Phi) is 8.39. The topological polar surface area (TPSA) is 16.3 Å². The van der Waals surface area contributed by atoms with Gasteiger partial charge in [0.2, 0.25) is 0 Å². The monoisotopic (exact) mass is 868 g/mol. The number of hydrogen-bond donors (Lipinski definition) is 0. The predicted molar refractivity (Wildman–Crippen MR) is 289 cm³/mol. The van der Waals surface area contributed by atoms with Crippen LogP contribution in [-0.2, 0) is 0 Å². The van der Waals surface area contributed by atoms with E-state index in [1.54, 1.807) is 0 Å². The number of hydrogen-bond acceptors (Lipinski definition) is 2. The van der Waals surface area contributed by atoms with Crippen LogP contribution in [0.25, 0.3) is 66.1 Å². The molecule has 4 heterocycles. The van der Waals surface area contributed by atoms with E-state index in [0.717, 1.165) is 22.7 Å². The fourth-order valence-corrected chi connectivity index (χ4v) is 12.1. The molecule has 0 spiro atoms. The lowest BCUT2D eigenvalue weighted by atomic mass is 9.33. The summed E-state index contributed by atoms with van der Waals surface area (Å²) in [7, 11) is 0. The molecule has 0 saturated carbocycles. The van der Waals surface area contributed by atoms with Crippen LogP contribution in [0.3, 0.4) is 0 Å². The van der Waals surface area contributed by atoms with Crippen LogP contribution in [-0.4, -0.2) is 15.8 Å². The Bertz CT molecular complexity index is 3670. The molecule has 12 aromatic rings. The minimum absolute atomic E-state index is 0.0569. The SMILES string of the molecule is Cc1cc(C)c(-c2cc3c4c(c2)N(c2ccccc2)c2cc(-n5c6ccccc6c6ccccc65)ccc2B4c2ccc(-n4c5ccccc5c5ccccc54)cc2N3c2ccccc2)c(C)c1. The van der Waals surface area contributed by atoms with Crippen LogP contribution in [0, 0.1) is 20.8 Å². The van der Waals surface area contributed by atoms with Crippen molar-refractivity contribution in [1.29, 1.82) is 0 Å². The molecule has 0 amide bonds. The molecule has 0 fully saturated rings. The van der Waals surface area contributed by atoms with Gasteiger partial charge in [0.15, 0.2) is 0 Å². The first kappa shape index (κ1) is 38.7. The van der Waals surface area contributed by atoms with Crippen LogP contribution in [0.5, 0.6) is 0 Å². The summed E-state index contributed by atoms with van der Waals surface area (Å²) < 4.78 is 4.91. The highest BCUT2D eigenvalue weighted by molar-refractivity contribution is 7.00. The van der Waals surface area contributed by atoms with Gasteiger partial charge in [-0.15, -0.1) is 0 Å². The molecule has 0 atom stereocenters. The molecule has 2 aromatic heterocycles. The zero-order valence-corrected chi connectivity index (χ0v) is 38.2. The smallest absolute Gasteiger partial charge is 0.252 e. The molecule has 320 valence electrons. The molecule has 0 radical (unpaired) electrons. The van der Waals surface area contributed by atoms with Crippen LogP contribution in [0.2, 0.25) is 0 Å². The summed E-state index contributed by atoms with van der Waals surface area (Å²) in [5, 5.41) is 5.02. The maximum Gasteiger partial charge on any atom is 0.252 e. The Morgan fingerprint density at radius 1 is 0.324 bits per heavy atom. The maximum absolute atomic E-state index is 2.55. The summed E-state index contributed by atoms with van der Waals surface area (Å²) in [6, 6.07) is 81.4. The zero-order chi connectivity index (χ0) is 45.2. The summed E-state index contributed by atoms with van der Waals surface area (Å²) in [6.45, 7) is 6.69. The van der Waals surface area contributed by atoms with E-state index in [9.17, 15) is 0 Å². The minimum atomic E-state index is -0.0569. The quantitative estimate of drug-likeness (QED) is 0.160. The van der Waals surface area contributed by atoms with Crippen LogP contribution in [0.1, 0.15) is 16.7 Å². The Labute approximate surface area is 396 Å². The third-order valence-corrected chi connectivity index (χ3v) is 14.7. The van der Waals surface area contributed by atoms with Gasteiger partial charge in [0.05, 0.1) is 22.1 Å². The van der Waals surface area contributed by atoms with Gasteiger partial charge in [0.1, 0.15) is 0 Å². The van der Waals surface area contributed by atoms with E-state index in [1.807, 2.05) is 0 Å². The highest BCUT2D eigenvalue weighted by Gasteiger charge is 2.44. The van der Waals surface area contributed by atoms with Crippen molar-refractivity contribution in [3.63, 3.8) is 0 Å². The van der Waals surface area contributed by atoms with Gasteiger partial charge >= 0.3 is 0 Å². The average molecular weight is 869 g/mol. The molecule has 4 nitrogen and oxygen atoms in total. The molecule has 10 aromatic carbocycles. The lowest BCUT2D eigenvalue weighted by Crippen LogP contribution is -2.61. The standard InChI is InChI=1S/C63H45BN4/c1-40-34-41(2)62(42(3)35-40)43-36-60-63-61(37-43)66(45-20-8-5-9-21-45)59-39-47(68-56-28-16-12-24-50(56)51-25-13-17-29-57(51)68)31-33-53(59)64(63)52-32-30-46(38-58(52)65(60)44-18-6-4-7-19-44)67-54-26-14-10-22-48(54)49-23-11-15-27-55(49)67/h4-39H,1-3H3. The summed E-state index contributed by atoms with van der Waals surface area (Å²) in [6.07, 6.45) is 0. The Balaban J connectivity index is 1.10. The van der Waals surface area contributed by atoms with Gasteiger partial charge in [-0.3, -0.25) is 0 Å². The number of benzene rings is 10. The third-order valence-electron chi connectivity index (χ3n) is 14.7. The lowest BCUT2D eigenvalue weighted by Gasteiger charge is -2.44. The van der Waals surface area contributed by atoms with Gasteiger partial charge < -0.3 is 18.9 Å². The number of fused-ring (bicyclic) bond motifs is 10. The van der Waals surface area contributed by atoms with Crippen LogP contribution < -0.4 is 26.2 Å². The highest BCUT2D eigenvalue weighted by Crippen LogP contribution is 2.48. The lowest BCUT2D eigenvalue weighted by molar-refractivity contribution is 1.17. The van der Waals surface area contributed by atoms with E-state index in [-0.39, 0.29) is 6.71 Å². The molecule has 0 aliphatic carbocycles. The van der Waals surface area contributed by atoms with Crippen molar-refractivity contribution >= 4 is 101 Å². The number of aromatic nitrogens is 2. The molecule has 0 saturated heterocycles. The second-order valence-electron chi connectivity index (χ2n) is 18.7. The molecule has 5 heteroatoms. The van der Waals surface area contributed by atoms with Crippen molar-refractivity contribution in [2.24, 2.45) is 0 Å². The normalized spacial score (nSPS) is 12.8. The van der Waals surface area contributed by atoms with E-state index in [0.29, 0.717) is 0 Å². The van der Waals surface area contributed by atoms with E-state index in [1.165, 1.54) is 111 Å². The van der Waals surface area contributed by atoms with Crippen molar-refractivity contribution < 1.29 is 0 Å². The van der Waals surface area contributed by atoms with Crippen LogP contribution in [0.15, 0.2) is 218 Å². The molecular weight excluding hydrogens is 824 g/mol. The van der Waals surface area contributed by atoms with E-state index in [4.69, 9.17) is 0 Å². The number of aryl methyl sites for hydroxylation is 3. The highest BCUT2D eigenvalue weighted by atomic mass is 15.2. The van der Waals surface area contributed by atoms with E-state index in [2.05, 4.69) is 258 Å². The predicted octanol–water partition coefficient (Wildman–Crippen LogP) is 14.6. The van der Waals surface area contributed by atoms with Gasteiger partial charge in [-0.05, 0) is 144 Å². The summed E-state index contributed by atoms with van der Waals surface area (Å²) in [5.74, 6) is 0. The second-order valence-corrected chi connectivity index (χ2v) is 18.7. The largest absolute Gasteiger partial charge is 0.311 e. The molecule has 0 unspecified atom stereocenters. The first-order chi connectivity index (χ1) is 33.5. The van der Waals surface area contributed by atoms with Crippen LogP contribution in [0.4, 0.5) is 34.1 Å². The van der Waals surface area contributed by atoms with Crippen molar-refractivity contribution in [3.8, 4) is 22.5 Å². The number of rotatable bonds is 5. The zero-order valence-electron chi connectivity index (χ0n) is 38.2. The number of anilines is 6. The summed E-state index contributed by atoms with van der Waals surface area (Å²) in [4.78, 5) is 5.09. The van der Waals surface area contributed by atoms with Crippen LogP contribution >= 0.6 is 0 Å². The van der Waals surface area contributed by atoms with Gasteiger partial charge in [-0.2, -0.15) is 0 Å². The molecule has 2 aliphatic rings. The fourth-order valence-electron chi connectivity index (χ4n) is 12.1. The first-order valence-electron chi connectivity index (χ1n) is 23.7. The number of nitrogens with zero attached hydrogens (tertiary/aromatic N) is 4. The maximum atomic E-state index is 2.55. The summed E-state index contributed by atoms with van der Waals surface area (Å²) >= 11 is 0.